The molecule has 0 heterocycles. The lowest BCUT2D eigenvalue weighted by atomic mass is 10.2. The normalized spacial score (nSPS) is 12.3. The van der Waals surface area contributed by atoms with Crippen LogP contribution in [0, 0.1) is 10.1 Å². The summed E-state index contributed by atoms with van der Waals surface area (Å²) in [6.07, 6.45) is -1.20. The van der Waals surface area contributed by atoms with E-state index in [1.165, 1.54) is 44.3 Å². The Bertz CT molecular complexity index is 592. The number of carbonyl (C=O) groups excluding carboxylic acids is 1. The van der Waals surface area contributed by atoms with Crippen molar-refractivity contribution in [3.63, 3.8) is 0 Å². The molecule has 8 nitrogen and oxygen atoms in total. The molecule has 1 aromatic rings. The maximum absolute atomic E-state index is 11.8. The Balaban J connectivity index is 3.13. The Morgan fingerprint density at radius 3 is 2.43 bits per heavy atom. The summed E-state index contributed by atoms with van der Waals surface area (Å²) in [7, 11) is 4.38. The summed E-state index contributed by atoms with van der Waals surface area (Å²) in [5.41, 5.74) is -0.228. The number of halogens is 3. The minimum atomic E-state index is -1.94. The molecule has 128 valence electrons. The first-order chi connectivity index (χ1) is 10.6. The fourth-order valence-electron chi connectivity index (χ4n) is 1.52. The van der Waals surface area contributed by atoms with Crippen LogP contribution in [-0.2, 0) is 0 Å². The highest BCUT2D eigenvalue weighted by atomic mass is 35.6. The molecular formula is C12H15Cl3N4O4. The van der Waals surface area contributed by atoms with Gasteiger partial charge in [0.15, 0.2) is 0 Å². The van der Waals surface area contributed by atoms with Crippen LogP contribution in [0.3, 0.4) is 0 Å². The number of methoxy groups -OCH3 is 1. The molecule has 2 N–H and O–H groups in total. The molecule has 0 aromatic heterocycles. The first-order valence-corrected chi connectivity index (χ1v) is 7.33. The summed E-state index contributed by atoms with van der Waals surface area (Å²) in [6, 6.07) is 3.57. The minimum Gasteiger partial charge on any atom is -0.496 e. The van der Waals surface area contributed by atoms with Gasteiger partial charge in [-0.25, -0.2) is 4.79 Å². The number of hydrogen-bond donors (Lipinski definition) is 2. The number of ether oxygens (including phenoxy) is 1. The lowest BCUT2D eigenvalue weighted by Gasteiger charge is -2.28. The Morgan fingerprint density at radius 1 is 1.39 bits per heavy atom. The highest BCUT2D eigenvalue weighted by Gasteiger charge is 2.35. The van der Waals surface area contributed by atoms with Crippen molar-refractivity contribution < 1.29 is 14.5 Å². The van der Waals surface area contributed by atoms with Crippen LogP contribution >= 0.6 is 34.8 Å². The van der Waals surface area contributed by atoms with Crippen molar-refractivity contribution >= 4 is 52.2 Å². The topological polar surface area (TPSA) is 96.7 Å². The maximum atomic E-state index is 11.8. The lowest BCUT2D eigenvalue weighted by molar-refractivity contribution is -0.384. The first-order valence-electron chi connectivity index (χ1n) is 6.19. The van der Waals surface area contributed by atoms with E-state index in [9.17, 15) is 14.9 Å². The van der Waals surface area contributed by atoms with Gasteiger partial charge in [-0.05, 0) is 12.1 Å². The Labute approximate surface area is 147 Å². The zero-order valence-electron chi connectivity index (χ0n) is 12.5. The van der Waals surface area contributed by atoms with Crippen LogP contribution in [0.1, 0.15) is 0 Å². The molecule has 0 saturated carbocycles. The van der Waals surface area contributed by atoms with E-state index in [-0.39, 0.29) is 11.4 Å². The number of carbonyl (C=O) groups is 1. The second-order valence-corrected chi connectivity index (χ2v) is 6.97. The number of nitro groups is 1. The average molecular weight is 386 g/mol. The summed E-state index contributed by atoms with van der Waals surface area (Å²) in [6.45, 7) is 0. The molecule has 0 spiro atoms. The van der Waals surface area contributed by atoms with E-state index in [0.29, 0.717) is 5.75 Å². The fraction of sp³-hybridized carbons (Fsp3) is 0.417. The van der Waals surface area contributed by atoms with Crippen LogP contribution in [0.25, 0.3) is 0 Å². The molecule has 11 heteroatoms. The largest absolute Gasteiger partial charge is 0.496 e. The van der Waals surface area contributed by atoms with Gasteiger partial charge in [-0.2, -0.15) is 0 Å². The summed E-state index contributed by atoms with van der Waals surface area (Å²) in [5.74, 6) is 0.296. The number of benzene rings is 1. The summed E-state index contributed by atoms with van der Waals surface area (Å²) in [4.78, 5) is 23.5. The van der Waals surface area contributed by atoms with Crippen molar-refractivity contribution in [1.82, 2.24) is 10.2 Å². The summed E-state index contributed by atoms with van der Waals surface area (Å²) < 4.78 is 3.00. The number of hydrogen-bond acceptors (Lipinski definition) is 5. The van der Waals surface area contributed by atoms with Crippen molar-refractivity contribution in [3.8, 4) is 5.75 Å². The molecule has 23 heavy (non-hydrogen) atoms. The molecule has 0 aliphatic carbocycles. The molecule has 1 rings (SSSR count). The smallest absolute Gasteiger partial charge is 0.318 e. The quantitative estimate of drug-likeness (QED) is 0.351. The number of nitro benzene ring substituents is 1. The van der Waals surface area contributed by atoms with Gasteiger partial charge >= 0.3 is 6.03 Å². The van der Waals surface area contributed by atoms with E-state index in [2.05, 4.69) is 10.6 Å². The lowest BCUT2D eigenvalue weighted by Crippen LogP contribution is -2.52. The number of alkyl halides is 3. The van der Waals surface area contributed by atoms with Crippen LogP contribution in [0.4, 0.5) is 16.2 Å². The van der Waals surface area contributed by atoms with Gasteiger partial charge in [-0.1, -0.05) is 34.8 Å². The molecule has 0 saturated heterocycles. The highest BCUT2D eigenvalue weighted by Crippen LogP contribution is 2.35. The van der Waals surface area contributed by atoms with E-state index >= 15 is 0 Å². The van der Waals surface area contributed by atoms with Crippen LogP contribution < -0.4 is 15.4 Å². The van der Waals surface area contributed by atoms with Crippen LogP contribution in [0.2, 0.25) is 0 Å². The standard InChI is InChI=1S/C12H15Cl3N4O4/c1-18(2)11(20)17-10(12(13,14)15)16-8-5-4-7(23-3)6-9(8)19(21)22/h4-6,10,16H,1-3H3,(H,17,20). The molecule has 1 unspecified atom stereocenters. The number of nitrogens with zero attached hydrogens (tertiary/aromatic N) is 2. The van der Waals surface area contributed by atoms with Gasteiger partial charge in [-0.15, -0.1) is 0 Å². The van der Waals surface area contributed by atoms with Crippen LogP contribution in [-0.4, -0.2) is 47.0 Å². The maximum Gasteiger partial charge on any atom is 0.318 e. The monoisotopic (exact) mass is 384 g/mol. The van der Waals surface area contributed by atoms with Crippen molar-refractivity contribution in [2.24, 2.45) is 0 Å². The van der Waals surface area contributed by atoms with Gasteiger partial charge in [-0.3, -0.25) is 10.1 Å². The predicted molar refractivity (Wildman–Crippen MR) is 89.6 cm³/mol. The van der Waals surface area contributed by atoms with Gasteiger partial charge in [0, 0.05) is 14.1 Å². The molecule has 1 atom stereocenters. The molecule has 1 aromatic carbocycles. The van der Waals surface area contributed by atoms with E-state index in [1.54, 1.807) is 0 Å². The van der Waals surface area contributed by atoms with E-state index in [1.807, 2.05) is 0 Å². The zero-order chi connectivity index (χ0) is 17.8. The fourth-order valence-corrected chi connectivity index (χ4v) is 1.85. The van der Waals surface area contributed by atoms with Gasteiger partial charge in [0.25, 0.3) is 5.69 Å². The number of rotatable bonds is 5. The molecular weight excluding hydrogens is 371 g/mol. The minimum absolute atomic E-state index is 0.0613. The third-order valence-electron chi connectivity index (χ3n) is 2.70. The zero-order valence-corrected chi connectivity index (χ0v) is 14.7. The molecule has 2 amide bonds. The molecule has 0 aliphatic heterocycles. The number of amides is 2. The van der Waals surface area contributed by atoms with Crippen molar-refractivity contribution in [2.45, 2.75) is 9.96 Å². The Hall–Kier alpha value is -1.64. The van der Waals surface area contributed by atoms with E-state index < -0.39 is 20.9 Å². The van der Waals surface area contributed by atoms with Crippen molar-refractivity contribution in [3.05, 3.63) is 28.3 Å². The summed E-state index contributed by atoms with van der Waals surface area (Å²) in [5, 5.41) is 16.2. The van der Waals surface area contributed by atoms with E-state index in [4.69, 9.17) is 39.5 Å². The van der Waals surface area contributed by atoms with Crippen LogP contribution in [0.15, 0.2) is 18.2 Å². The third-order valence-corrected chi connectivity index (χ3v) is 3.36. The van der Waals surface area contributed by atoms with Gasteiger partial charge in [0.05, 0.1) is 18.1 Å². The van der Waals surface area contributed by atoms with Gasteiger partial charge < -0.3 is 20.3 Å². The number of anilines is 1. The highest BCUT2D eigenvalue weighted by molar-refractivity contribution is 6.68. The molecule has 0 aliphatic rings. The number of nitrogens with one attached hydrogen (secondary N) is 2. The van der Waals surface area contributed by atoms with Crippen molar-refractivity contribution in [2.75, 3.05) is 26.5 Å². The molecule has 0 fully saturated rings. The first kappa shape index (κ1) is 19.4. The van der Waals surface area contributed by atoms with Gasteiger partial charge in [0.1, 0.15) is 17.6 Å². The average Bonchev–Trinajstić information content (AvgIpc) is 2.45. The Morgan fingerprint density at radius 2 is 2.00 bits per heavy atom. The van der Waals surface area contributed by atoms with Crippen molar-refractivity contribution in [1.29, 1.82) is 0 Å². The van der Waals surface area contributed by atoms with E-state index in [0.717, 1.165) is 0 Å². The summed E-state index contributed by atoms with van der Waals surface area (Å²) >= 11 is 17.5. The predicted octanol–water partition coefficient (Wildman–Crippen LogP) is 2.98. The second-order valence-electron chi connectivity index (χ2n) is 4.60. The van der Waals surface area contributed by atoms with Gasteiger partial charge in [0.2, 0.25) is 3.79 Å². The number of urea groups is 1. The van der Waals surface area contributed by atoms with Crippen LogP contribution in [0.5, 0.6) is 5.75 Å². The Kier molecular flexibility index (Phi) is 6.55. The molecule has 0 bridgehead atoms. The second kappa shape index (κ2) is 7.76. The third kappa shape index (κ3) is 5.49. The SMILES string of the molecule is COc1ccc(NC(NC(=O)N(C)C)C(Cl)(Cl)Cl)c([N+](=O)[O-])c1. The molecule has 0 radical (unpaired) electrons.